The van der Waals surface area contributed by atoms with Crippen LogP contribution in [0.5, 0.6) is 0 Å². The first kappa shape index (κ1) is 14.9. The van der Waals surface area contributed by atoms with E-state index in [2.05, 4.69) is 20.9 Å². The van der Waals surface area contributed by atoms with E-state index in [9.17, 15) is 9.18 Å². The highest BCUT2D eigenvalue weighted by atomic mass is 79.9. The van der Waals surface area contributed by atoms with Gasteiger partial charge in [-0.2, -0.15) is 0 Å². The van der Waals surface area contributed by atoms with Crippen LogP contribution in [0.15, 0.2) is 41.0 Å². The molecule has 20 heavy (non-hydrogen) atoms. The molecule has 1 heterocycles. The molecule has 0 spiro atoms. The molecule has 1 aromatic carbocycles. The zero-order valence-corrected chi connectivity index (χ0v) is 12.9. The van der Waals surface area contributed by atoms with Crippen molar-refractivity contribution in [3.63, 3.8) is 0 Å². The van der Waals surface area contributed by atoms with Gasteiger partial charge in [0.25, 0.3) is 5.91 Å². The molecule has 0 saturated heterocycles. The van der Waals surface area contributed by atoms with Crippen LogP contribution in [0, 0.1) is 5.82 Å². The lowest BCUT2D eigenvalue weighted by Crippen LogP contribution is -2.27. The first-order valence-electron chi connectivity index (χ1n) is 5.79. The number of carbonyl (C=O) groups excluding carboxylic acids is 1. The number of hydrogen-bond acceptors (Lipinski definition) is 2. The van der Waals surface area contributed by atoms with Crippen molar-refractivity contribution in [3.8, 4) is 0 Å². The Hall–Kier alpha value is -1.46. The highest BCUT2D eigenvalue weighted by Crippen LogP contribution is 2.20. The lowest BCUT2D eigenvalue weighted by Gasteiger charge is -2.18. The second-order valence-electron chi connectivity index (χ2n) is 4.24. The summed E-state index contributed by atoms with van der Waals surface area (Å²) in [6, 6.07) is 7.93. The molecular formula is C14H11BrClFN2O. The number of carbonyl (C=O) groups is 1. The Bertz CT molecular complexity index is 651. The minimum absolute atomic E-state index is 0.124. The quantitative estimate of drug-likeness (QED) is 0.780. The average Bonchev–Trinajstić information content (AvgIpc) is 2.43. The van der Waals surface area contributed by atoms with E-state index in [1.165, 1.54) is 17.2 Å². The zero-order chi connectivity index (χ0) is 14.7. The maximum Gasteiger partial charge on any atom is 0.257 e. The standard InChI is InChI=1S/C14H11BrClFN2O/c1-19(8-9-4-2-3-5-12(9)17)14(20)11-6-10(15)7-18-13(11)16/h2-7H,8H2,1H3. The van der Waals surface area contributed by atoms with E-state index in [0.29, 0.717) is 10.0 Å². The van der Waals surface area contributed by atoms with E-state index in [1.807, 2.05) is 0 Å². The highest BCUT2D eigenvalue weighted by Gasteiger charge is 2.17. The van der Waals surface area contributed by atoms with Crippen molar-refractivity contribution in [1.82, 2.24) is 9.88 Å². The topological polar surface area (TPSA) is 33.2 Å². The van der Waals surface area contributed by atoms with Gasteiger partial charge >= 0.3 is 0 Å². The fourth-order valence-electron chi connectivity index (χ4n) is 1.73. The van der Waals surface area contributed by atoms with Crippen molar-refractivity contribution in [2.45, 2.75) is 6.54 Å². The molecule has 0 unspecified atom stereocenters. The summed E-state index contributed by atoms with van der Waals surface area (Å²) in [6.07, 6.45) is 1.51. The molecule has 0 fully saturated rings. The maximum absolute atomic E-state index is 13.6. The van der Waals surface area contributed by atoms with E-state index < -0.39 is 0 Å². The minimum Gasteiger partial charge on any atom is -0.337 e. The lowest BCUT2D eigenvalue weighted by atomic mass is 10.2. The van der Waals surface area contributed by atoms with Crippen LogP contribution in [0.3, 0.4) is 0 Å². The number of pyridine rings is 1. The summed E-state index contributed by atoms with van der Waals surface area (Å²) in [6.45, 7) is 0.161. The summed E-state index contributed by atoms with van der Waals surface area (Å²) in [5.41, 5.74) is 0.724. The monoisotopic (exact) mass is 356 g/mol. The Balaban J connectivity index is 2.21. The summed E-state index contributed by atoms with van der Waals surface area (Å²) in [4.78, 5) is 17.6. The summed E-state index contributed by atoms with van der Waals surface area (Å²) in [5.74, 6) is -0.655. The molecular weight excluding hydrogens is 347 g/mol. The molecule has 0 aliphatic heterocycles. The first-order valence-corrected chi connectivity index (χ1v) is 6.96. The van der Waals surface area contributed by atoms with Crippen LogP contribution in [0.4, 0.5) is 4.39 Å². The molecule has 2 rings (SSSR count). The molecule has 0 aliphatic carbocycles. The minimum atomic E-state index is -0.342. The van der Waals surface area contributed by atoms with Crippen LogP contribution in [-0.2, 0) is 6.54 Å². The van der Waals surface area contributed by atoms with E-state index in [-0.39, 0.29) is 29.0 Å². The third-order valence-corrected chi connectivity index (χ3v) is 3.48. The van der Waals surface area contributed by atoms with E-state index >= 15 is 0 Å². The molecule has 6 heteroatoms. The van der Waals surface area contributed by atoms with Gasteiger partial charge in [0, 0.05) is 29.8 Å². The van der Waals surface area contributed by atoms with Crippen molar-refractivity contribution in [2.75, 3.05) is 7.05 Å². The Morgan fingerprint density at radius 3 is 2.85 bits per heavy atom. The Morgan fingerprint density at radius 1 is 1.45 bits per heavy atom. The number of halogens is 3. The van der Waals surface area contributed by atoms with Gasteiger partial charge in [-0.05, 0) is 28.1 Å². The van der Waals surface area contributed by atoms with Crippen molar-refractivity contribution in [1.29, 1.82) is 0 Å². The van der Waals surface area contributed by atoms with Crippen LogP contribution in [0.2, 0.25) is 5.15 Å². The fraction of sp³-hybridized carbons (Fsp3) is 0.143. The van der Waals surface area contributed by atoms with Crippen LogP contribution in [0.1, 0.15) is 15.9 Å². The molecule has 0 saturated carbocycles. The highest BCUT2D eigenvalue weighted by molar-refractivity contribution is 9.10. The normalized spacial score (nSPS) is 10.4. The largest absolute Gasteiger partial charge is 0.337 e. The zero-order valence-electron chi connectivity index (χ0n) is 10.6. The number of benzene rings is 1. The fourth-order valence-corrected chi connectivity index (χ4v) is 2.25. The van der Waals surface area contributed by atoms with Gasteiger partial charge < -0.3 is 4.90 Å². The number of hydrogen-bond donors (Lipinski definition) is 0. The molecule has 104 valence electrons. The third kappa shape index (κ3) is 3.35. The molecule has 1 aromatic heterocycles. The summed E-state index contributed by atoms with van der Waals surface area (Å²) >= 11 is 9.16. The van der Waals surface area contributed by atoms with Crippen LogP contribution in [0.25, 0.3) is 0 Å². The molecule has 1 amide bonds. The van der Waals surface area contributed by atoms with Crippen LogP contribution < -0.4 is 0 Å². The molecule has 3 nitrogen and oxygen atoms in total. The maximum atomic E-state index is 13.6. The smallest absolute Gasteiger partial charge is 0.257 e. The molecule has 0 N–H and O–H groups in total. The Kier molecular flexibility index (Phi) is 4.73. The van der Waals surface area contributed by atoms with Gasteiger partial charge in [-0.3, -0.25) is 4.79 Å². The lowest BCUT2D eigenvalue weighted by molar-refractivity contribution is 0.0783. The molecule has 2 aromatic rings. The predicted octanol–water partition coefficient (Wildman–Crippen LogP) is 3.91. The molecule has 0 bridgehead atoms. The first-order chi connectivity index (χ1) is 9.49. The van der Waals surface area contributed by atoms with Gasteiger partial charge in [0.15, 0.2) is 0 Å². The number of nitrogens with zero attached hydrogens (tertiary/aromatic N) is 2. The van der Waals surface area contributed by atoms with Crippen molar-refractivity contribution in [2.24, 2.45) is 0 Å². The number of rotatable bonds is 3. The van der Waals surface area contributed by atoms with Crippen LogP contribution in [-0.4, -0.2) is 22.8 Å². The second-order valence-corrected chi connectivity index (χ2v) is 5.52. The van der Waals surface area contributed by atoms with Gasteiger partial charge in [-0.25, -0.2) is 9.37 Å². The summed E-state index contributed by atoms with van der Waals surface area (Å²) < 4.78 is 14.2. The van der Waals surface area contributed by atoms with Crippen molar-refractivity contribution in [3.05, 3.63) is 63.1 Å². The SMILES string of the molecule is CN(Cc1ccccc1F)C(=O)c1cc(Br)cnc1Cl. The molecule has 0 aliphatic rings. The summed E-state index contributed by atoms with van der Waals surface area (Å²) in [5, 5.41) is 0.124. The van der Waals surface area contributed by atoms with Crippen LogP contribution >= 0.6 is 27.5 Å². The van der Waals surface area contributed by atoms with Gasteiger partial charge in [-0.15, -0.1) is 0 Å². The summed E-state index contributed by atoms with van der Waals surface area (Å²) in [7, 11) is 1.59. The third-order valence-electron chi connectivity index (χ3n) is 2.75. The van der Waals surface area contributed by atoms with E-state index in [1.54, 1.807) is 31.3 Å². The number of aromatic nitrogens is 1. The Labute approximate surface area is 129 Å². The predicted molar refractivity (Wildman–Crippen MR) is 79.1 cm³/mol. The van der Waals surface area contributed by atoms with Crippen molar-refractivity contribution < 1.29 is 9.18 Å². The van der Waals surface area contributed by atoms with E-state index in [0.717, 1.165) is 0 Å². The van der Waals surface area contributed by atoms with Gasteiger partial charge in [-0.1, -0.05) is 29.8 Å². The molecule has 0 radical (unpaired) electrons. The molecule has 0 atom stereocenters. The van der Waals surface area contributed by atoms with Gasteiger partial charge in [0.1, 0.15) is 11.0 Å². The average molecular weight is 358 g/mol. The Morgan fingerprint density at radius 2 is 2.15 bits per heavy atom. The number of amides is 1. The second kappa shape index (κ2) is 6.33. The van der Waals surface area contributed by atoms with Gasteiger partial charge in [0.05, 0.1) is 5.56 Å². The van der Waals surface area contributed by atoms with Gasteiger partial charge in [0.2, 0.25) is 0 Å². The van der Waals surface area contributed by atoms with E-state index in [4.69, 9.17) is 11.6 Å². The van der Waals surface area contributed by atoms with Crippen molar-refractivity contribution >= 4 is 33.4 Å².